The predicted molar refractivity (Wildman–Crippen MR) is 63.9 cm³/mol. The Kier molecular flexibility index (Phi) is 3.67. The van der Waals surface area contributed by atoms with Crippen LogP contribution in [0.2, 0.25) is 0 Å². The molecule has 0 radical (unpaired) electrons. The van der Waals surface area contributed by atoms with Crippen LogP contribution in [0.4, 0.5) is 0 Å². The van der Waals surface area contributed by atoms with Crippen LogP contribution in [0, 0.1) is 0 Å². The van der Waals surface area contributed by atoms with Gasteiger partial charge in [0.25, 0.3) is 0 Å². The standard InChI is InChI=1S/C13H19NO2/c1-2-15-12-5-3-4-6-13(12)16-11-8-7-10(14)9-11/h3-6,10-11H,2,7-9,14H2,1H3. The summed E-state index contributed by atoms with van der Waals surface area (Å²) in [5, 5.41) is 0. The second kappa shape index (κ2) is 5.21. The molecule has 0 heterocycles. The Labute approximate surface area is 96.5 Å². The molecule has 0 bridgehead atoms. The average molecular weight is 221 g/mol. The average Bonchev–Trinajstić information content (AvgIpc) is 2.67. The van der Waals surface area contributed by atoms with Crippen molar-refractivity contribution in [3.05, 3.63) is 24.3 Å². The van der Waals surface area contributed by atoms with Gasteiger partial charge in [0, 0.05) is 6.04 Å². The molecule has 1 aromatic rings. The fraction of sp³-hybridized carbons (Fsp3) is 0.538. The van der Waals surface area contributed by atoms with Crippen LogP contribution < -0.4 is 15.2 Å². The molecule has 0 aliphatic heterocycles. The number of hydrogen-bond donors (Lipinski definition) is 1. The predicted octanol–water partition coefficient (Wildman–Crippen LogP) is 2.34. The van der Waals surface area contributed by atoms with Crippen molar-refractivity contribution in [3.8, 4) is 11.5 Å². The molecule has 1 aromatic carbocycles. The van der Waals surface area contributed by atoms with Gasteiger partial charge in [0.1, 0.15) is 6.10 Å². The van der Waals surface area contributed by atoms with Gasteiger partial charge in [-0.3, -0.25) is 0 Å². The molecule has 0 saturated heterocycles. The molecular weight excluding hydrogens is 202 g/mol. The van der Waals surface area contributed by atoms with Crippen LogP contribution in [-0.2, 0) is 0 Å². The number of ether oxygens (including phenoxy) is 2. The molecule has 2 unspecified atom stereocenters. The maximum Gasteiger partial charge on any atom is 0.161 e. The van der Waals surface area contributed by atoms with Gasteiger partial charge in [0.05, 0.1) is 6.61 Å². The van der Waals surface area contributed by atoms with Gasteiger partial charge in [-0.05, 0) is 38.3 Å². The molecule has 3 nitrogen and oxygen atoms in total. The van der Waals surface area contributed by atoms with Crippen LogP contribution >= 0.6 is 0 Å². The lowest BCUT2D eigenvalue weighted by Crippen LogP contribution is -2.19. The third-order valence-electron chi connectivity index (χ3n) is 2.87. The van der Waals surface area contributed by atoms with Gasteiger partial charge in [0.2, 0.25) is 0 Å². The smallest absolute Gasteiger partial charge is 0.161 e. The minimum Gasteiger partial charge on any atom is -0.490 e. The van der Waals surface area contributed by atoms with Crippen molar-refractivity contribution in [2.45, 2.75) is 38.3 Å². The highest BCUT2D eigenvalue weighted by Crippen LogP contribution is 2.30. The van der Waals surface area contributed by atoms with E-state index in [1.165, 1.54) is 0 Å². The van der Waals surface area contributed by atoms with Gasteiger partial charge in [0.15, 0.2) is 11.5 Å². The van der Waals surface area contributed by atoms with Crippen LogP contribution in [0.3, 0.4) is 0 Å². The zero-order chi connectivity index (χ0) is 11.4. The van der Waals surface area contributed by atoms with E-state index in [-0.39, 0.29) is 6.10 Å². The van der Waals surface area contributed by atoms with Crippen molar-refractivity contribution < 1.29 is 9.47 Å². The van der Waals surface area contributed by atoms with E-state index in [0.717, 1.165) is 30.8 Å². The monoisotopic (exact) mass is 221 g/mol. The molecule has 0 aromatic heterocycles. The third kappa shape index (κ3) is 2.67. The quantitative estimate of drug-likeness (QED) is 0.848. The van der Waals surface area contributed by atoms with Crippen molar-refractivity contribution in [1.82, 2.24) is 0 Å². The van der Waals surface area contributed by atoms with E-state index in [2.05, 4.69) is 0 Å². The SMILES string of the molecule is CCOc1ccccc1OC1CCC(N)C1. The van der Waals surface area contributed by atoms with Crippen LogP contribution in [0.25, 0.3) is 0 Å². The van der Waals surface area contributed by atoms with Gasteiger partial charge in [-0.1, -0.05) is 12.1 Å². The molecule has 2 atom stereocenters. The fourth-order valence-corrected chi connectivity index (χ4v) is 2.08. The minimum absolute atomic E-state index is 0.247. The zero-order valence-corrected chi connectivity index (χ0v) is 9.69. The van der Waals surface area contributed by atoms with Crippen LogP contribution in [0.15, 0.2) is 24.3 Å². The molecule has 1 aliphatic rings. The van der Waals surface area contributed by atoms with E-state index in [9.17, 15) is 0 Å². The first-order valence-electron chi connectivity index (χ1n) is 5.93. The zero-order valence-electron chi connectivity index (χ0n) is 9.69. The van der Waals surface area contributed by atoms with Gasteiger partial charge in [-0.2, -0.15) is 0 Å². The highest BCUT2D eigenvalue weighted by atomic mass is 16.5. The van der Waals surface area contributed by atoms with E-state index >= 15 is 0 Å². The molecule has 1 fully saturated rings. The summed E-state index contributed by atoms with van der Waals surface area (Å²) in [6.07, 6.45) is 3.29. The molecule has 16 heavy (non-hydrogen) atoms. The topological polar surface area (TPSA) is 44.5 Å². The van der Waals surface area contributed by atoms with Crippen molar-refractivity contribution >= 4 is 0 Å². The Morgan fingerprint density at radius 1 is 1.25 bits per heavy atom. The number of nitrogens with two attached hydrogens (primary N) is 1. The molecule has 1 aliphatic carbocycles. The second-order valence-electron chi connectivity index (χ2n) is 4.19. The lowest BCUT2D eigenvalue weighted by atomic mass is 10.2. The Hall–Kier alpha value is -1.22. The molecule has 2 rings (SSSR count). The first-order valence-corrected chi connectivity index (χ1v) is 5.93. The van der Waals surface area contributed by atoms with Gasteiger partial charge >= 0.3 is 0 Å². The summed E-state index contributed by atoms with van der Waals surface area (Å²) >= 11 is 0. The summed E-state index contributed by atoms with van der Waals surface area (Å²) in [4.78, 5) is 0. The Morgan fingerprint density at radius 2 is 2.00 bits per heavy atom. The lowest BCUT2D eigenvalue weighted by Gasteiger charge is -2.16. The Bertz CT molecular complexity index is 340. The normalized spacial score (nSPS) is 24.4. The highest BCUT2D eigenvalue weighted by Gasteiger charge is 2.23. The van der Waals surface area contributed by atoms with Crippen LogP contribution in [0.5, 0.6) is 11.5 Å². The largest absolute Gasteiger partial charge is 0.490 e. The number of rotatable bonds is 4. The van der Waals surface area contributed by atoms with E-state index in [1.807, 2.05) is 31.2 Å². The van der Waals surface area contributed by atoms with Crippen LogP contribution in [0.1, 0.15) is 26.2 Å². The maximum absolute atomic E-state index is 5.92. The number of benzene rings is 1. The molecule has 0 amide bonds. The Balaban J connectivity index is 2.02. The molecule has 88 valence electrons. The first-order chi connectivity index (χ1) is 7.79. The molecule has 1 saturated carbocycles. The molecule has 2 N–H and O–H groups in total. The summed E-state index contributed by atoms with van der Waals surface area (Å²) in [7, 11) is 0. The summed E-state index contributed by atoms with van der Waals surface area (Å²) in [6, 6.07) is 8.11. The second-order valence-corrected chi connectivity index (χ2v) is 4.19. The highest BCUT2D eigenvalue weighted by molar-refractivity contribution is 5.39. The summed E-state index contributed by atoms with van der Waals surface area (Å²) < 4.78 is 11.4. The lowest BCUT2D eigenvalue weighted by molar-refractivity contribution is 0.195. The first kappa shape index (κ1) is 11.3. The van der Waals surface area contributed by atoms with Crippen molar-refractivity contribution in [1.29, 1.82) is 0 Å². The summed E-state index contributed by atoms with van der Waals surface area (Å²) in [6.45, 7) is 2.63. The van der Waals surface area contributed by atoms with E-state index in [4.69, 9.17) is 15.2 Å². The maximum atomic E-state index is 5.92. The van der Waals surface area contributed by atoms with E-state index in [1.54, 1.807) is 0 Å². The Morgan fingerprint density at radius 3 is 2.62 bits per heavy atom. The van der Waals surface area contributed by atoms with E-state index in [0.29, 0.717) is 12.6 Å². The minimum atomic E-state index is 0.247. The number of para-hydroxylation sites is 2. The van der Waals surface area contributed by atoms with E-state index < -0.39 is 0 Å². The molecule has 0 spiro atoms. The van der Waals surface area contributed by atoms with Crippen molar-refractivity contribution in [3.63, 3.8) is 0 Å². The summed E-state index contributed by atoms with van der Waals surface area (Å²) in [5.74, 6) is 1.66. The summed E-state index contributed by atoms with van der Waals surface area (Å²) in [5.41, 5.74) is 5.86. The van der Waals surface area contributed by atoms with Gasteiger partial charge in [-0.15, -0.1) is 0 Å². The van der Waals surface area contributed by atoms with Crippen LogP contribution in [-0.4, -0.2) is 18.8 Å². The number of hydrogen-bond acceptors (Lipinski definition) is 3. The van der Waals surface area contributed by atoms with Crippen molar-refractivity contribution in [2.24, 2.45) is 5.73 Å². The van der Waals surface area contributed by atoms with Gasteiger partial charge in [-0.25, -0.2) is 0 Å². The molecule has 3 heteroatoms. The molecular formula is C13H19NO2. The fourth-order valence-electron chi connectivity index (χ4n) is 2.08. The third-order valence-corrected chi connectivity index (χ3v) is 2.87. The van der Waals surface area contributed by atoms with Gasteiger partial charge < -0.3 is 15.2 Å². The van der Waals surface area contributed by atoms with Crippen molar-refractivity contribution in [2.75, 3.05) is 6.61 Å².